The summed E-state index contributed by atoms with van der Waals surface area (Å²) in [7, 11) is 0. The van der Waals surface area contributed by atoms with E-state index in [-0.39, 0.29) is 11.4 Å². The number of hydrogen-bond acceptors (Lipinski definition) is 2. The van der Waals surface area contributed by atoms with E-state index in [0.29, 0.717) is 6.54 Å². The summed E-state index contributed by atoms with van der Waals surface area (Å²) in [6.45, 7) is 0.595. The third kappa shape index (κ3) is 3.22. The van der Waals surface area contributed by atoms with Crippen molar-refractivity contribution < 1.29 is 4.39 Å². The SMILES string of the molecule is CSCCCn1cc(F)ccc1=O. The number of pyridine rings is 1. The minimum atomic E-state index is -0.358. The Kier molecular flexibility index (Phi) is 4.02. The highest BCUT2D eigenvalue weighted by Crippen LogP contribution is 1.98. The van der Waals surface area contributed by atoms with Crippen LogP contribution in [0.2, 0.25) is 0 Å². The number of thioether (sulfide) groups is 1. The van der Waals surface area contributed by atoms with Crippen LogP contribution >= 0.6 is 11.8 Å². The summed E-state index contributed by atoms with van der Waals surface area (Å²) in [6, 6.07) is 2.45. The van der Waals surface area contributed by atoms with Gasteiger partial charge in [-0.3, -0.25) is 4.79 Å². The Morgan fingerprint density at radius 2 is 2.31 bits per heavy atom. The normalized spacial score (nSPS) is 10.3. The molecule has 0 N–H and O–H groups in total. The molecule has 0 radical (unpaired) electrons. The summed E-state index contributed by atoms with van der Waals surface area (Å²) in [6.07, 6.45) is 4.15. The molecule has 0 bridgehead atoms. The van der Waals surface area contributed by atoms with Crippen LogP contribution in [0.3, 0.4) is 0 Å². The van der Waals surface area contributed by atoms with Gasteiger partial charge >= 0.3 is 0 Å². The average Bonchev–Trinajstić information content (AvgIpc) is 2.11. The quantitative estimate of drug-likeness (QED) is 0.692. The Hall–Kier alpha value is -0.770. The Morgan fingerprint density at radius 3 is 3.00 bits per heavy atom. The highest BCUT2D eigenvalue weighted by Gasteiger charge is 1.96. The Morgan fingerprint density at radius 1 is 1.54 bits per heavy atom. The van der Waals surface area contributed by atoms with Gasteiger partial charge < -0.3 is 4.57 Å². The van der Waals surface area contributed by atoms with Crippen LogP contribution in [0.5, 0.6) is 0 Å². The minimum absolute atomic E-state index is 0.137. The highest BCUT2D eigenvalue weighted by molar-refractivity contribution is 7.98. The lowest BCUT2D eigenvalue weighted by molar-refractivity contribution is 0.576. The fraction of sp³-hybridized carbons (Fsp3) is 0.444. The number of halogens is 1. The molecule has 13 heavy (non-hydrogen) atoms. The summed E-state index contributed by atoms with van der Waals surface area (Å²) < 4.78 is 14.1. The van der Waals surface area contributed by atoms with Gasteiger partial charge in [-0.15, -0.1) is 0 Å². The van der Waals surface area contributed by atoms with E-state index in [2.05, 4.69) is 0 Å². The van der Waals surface area contributed by atoms with E-state index < -0.39 is 0 Å². The molecule has 0 aliphatic heterocycles. The topological polar surface area (TPSA) is 22.0 Å². The molecule has 1 aromatic rings. The first kappa shape index (κ1) is 10.3. The molecule has 1 aromatic heterocycles. The van der Waals surface area contributed by atoms with Crippen LogP contribution < -0.4 is 5.56 Å². The molecule has 0 saturated heterocycles. The van der Waals surface area contributed by atoms with Gasteiger partial charge in [0.25, 0.3) is 5.56 Å². The lowest BCUT2D eigenvalue weighted by Crippen LogP contribution is -2.19. The van der Waals surface area contributed by atoms with Crippen LogP contribution in [0.1, 0.15) is 6.42 Å². The number of hydrogen-bond donors (Lipinski definition) is 0. The van der Waals surface area contributed by atoms with Crippen LogP contribution in [0.25, 0.3) is 0 Å². The van der Waals surface area contributed by atoms with E-state index in [1.165, 1.54) is 22.9 Å². The maximum absolute atomic E-state index is 12.7. The molecule has 0 aliphatic rings. The average molecular weight is 201 g/mol. The highest BCUT2D eigenvalue weighted by atomic mass is 32.2. The Balaban J connectivity index is 2.65. The van der Waals surface area contributed by atoms with E-state index in [4.69, 9.17) is 0 Å². The van der Waals surface area contributed by atoms with Crippen molar-refractivity contribution in [3.63, 3.8) is 0 Å². The van der Waals surface area contributed by atoms with Gasteiger partial charge in [0.1, 0.15) is 5.82 Å². The zero-order valence-corrected chi connectivity index (χ0v) is 8.31. The molecule has 0 aromatic carbocycles. The van der Waals surface area contributed by atoms with Crippen molar-refractivity contribution in [1.82, 2.24) is 4.57 Å². The first-order valence-electron chi connectivity index (χ1n) is 4.09. The van der Waals surface area contributed by atoms with Gasteiger partial charge in [0.05, 0.1) is 0 Å². The van der Waals surface area contributed by atoms with Crippen LogP contribution in [0, 0.1) is 5.82 Å². The van der Waals surface area contributed by atoms with Gasteiger partial charge in [-0.25, -0.2) is 4.39 Å². The summed E-state index contributed by atoms with van der Waals surface area (Å²) in [5.74, 6) is 0.631. The predicted molar refractivity (Wildman–Crippen MR) is 53.7 cm³/mol. The lowest BCUT2D eigenvalue weighted by Gasteiger charge is -2.03. The van der Waals surface area contributed by atoms with Crippen molar-refractivity contribution in [2.45, 2.75) is 13.0 Å². The smallest absolute Gasteiger partial charge is 0.250 e. The summed E-state index contributed by atoms with van der Waals surface area (Å²) in [4.78, 5) is 11.2. The van der Waals surface area contributed by atoms with Crippen LogP contribution in [0.15, 0.2) is 23.1 Å². The zero-order chi connectivity index (χ0) is 9.68. The monoisotopic (exact) mass is 201 g/mol. The largest absolute Gasteiger partial charge is 0.313 e. The van der Waals surface area contributed by atoms with Crippen molar-refractivity contribution >= 4 is 11.8 Å². The Labute approximate surface area is 80.8 Å². The molecular formula is C9H12FNOS. The van der Waals surface area contributed by atoms with Gasteiger partial charge in [-0.1, -0.05) is 0 Å². The lowest BCUT2D eigenvalue weighted by atomic mass is 10.4. The maximum Gasteiger partial charge on any atom is 0.250 e. The van der Waals surface area contributed by atoms with Crippen molar-refractivity contribution in [1.29, 1.82) is 0 Å². The maximum atomic E-state index is 12.7. The zero-order valence-electron chi connectivity index (χ0n) is 7.50. The summed E-state index contributed by atoms with van der Waals surface area (Å²) in [5, 5.41) is 0. The van der Waals surface area contributed by atoms with E-state index in [0.717, 1.165) is 12.2 Å². The van der Waals surface area contributed by atoms with Gasteiger partial charge in [0.15, 0.2) is 0 Å². The minimum Gasteiger partial charge on any atom is -0.313 e. The van der Waals surface area contributed by atoms with Gasteiger partial charge in [0.2, 0.25) is 0 Å². The second kappa shape index (κ2) is 5.07. The first-order chi connectivity index (χ1) is 6.24. The molecule has 0 saturated carbocycles. The molecule has 72 valence electrons. The fourth-order valence-electron chi connectivity index (χ4n) is 1.06. The van der Waals surface area contributed by atoms with Crippen LogP contribution in [-0.4, -0.2) is 16.6 Å². The molecule has 1 heterocycles. The molecule has 0 spiro atoms. The number of aryl methyl sites for hydroxylation is 1. The van der Waals surface area contributed by atoms with Crippen LogP contribution in [0.4, 0.5) is 4.39 Å². The number of aromatic nitrogens is 1. The van der Waals surface area contributed by atoms with Gasteiger partial charge in [-0.05, 0) is 24.5 Å². The van der Waals surface area contributed by atoms with Gasteiger partial charge in [-0.2, -0.15) is 11.8 Å². The van der Waals surface area contributed by atoms with Crippen molar-refractivity contribution in [3.8, 4) is 0 Å². The predicted octanol–water partition coefficient (Wildman–Crippen LogP) is 1.74. The molecule has 2 nitrogen and oxygen atoms in total. The molecule has 0 amide bonds. The molecule has 0 unspecified atom stereocenters. The van der Waals surface area contributed by atoms with E-state index in [1.807, 2.05) is 6.26 Å². The van der Waals surface area contributed by atoms with Crippen molar-refractivity contribution in [2.75, 3.05) is 12.0 Å². The van der Waals surface area contributed by atoms with Crippen LogP contribution in [-0.2, 0) is 6.54 Å². The standard InChI is InChI=1S/C9H12FNOS/c1-13-6-2-5-11-7-8(10)3-4-9(11)12/h3-4,7H,2,5-6H2,1H3. The fourth-order valence-corrected chi connectivity index (χ4v) is 1.47. The molecule has 0 atom stereocenters. The third-order valence-corrected chi connectivity index (χ3v) is 2.39. The number of nitrogens with zero attached hydrogens (tertiary/aromatic N) is 1. The first-order valence-corrected chi connectivity index (χ1v) is 5.48. The third-order valence-electron chi connectivity index (χ3n) is 1.69. The second-order valence-corrected chi connectivity index (χ2v) is 3.71. The molecule has 1 rings (SSSR count). The Bertz CT molecular complexity index is 324. The number of rotatable bonds is 4. The molecule has 4 heteroatoms. The van der Waals surface area contributed by atoms with E-state index in [1.54, 1.807) is 11.8 Å². The van der Waals surface area contributed by atoms with Crippen molar-refractivity contribution in [3.05, 3.63) is 34.5 Å². The molecule has 0 fully saturated rings. The second-order valence-electron chi connectivity index (χ2n) is 2.73. The van der Waals surface area contributed by atoms with Crippen molar-refractivity contribution in [2.24, 2.45) is 0 Å². The molecular weight excluding hydrogens is 189 g/mol. The summed E-state index contributed by atoms with van der Waals surface area (Å²) >= 11 is 1.72. The molecule has 0 aliphatic carbocycles. The van der Waals surface area contributed by atoms with E-state index >= 15 is 0 Å². The van der Waals surface area contributed by atoms with E-state index in [9.17, 15) is 9.18 Å². The van der Waals surface area contributed by atoms with Gasteiger partial charge in [0, 0.05) is 18.8 Å². The summed E-state index contributed by atoms with van der Waals surface area (Å²) in [5.41, 5.74) is -0.137.